The van der Waals surface area contributed by atoms with E-state index in [9.17, 15) is 14.0 Å². The third-order valence-corrected chi connectivity index (χ3v) is 4.11. The second-order valence-corrected chi connectivity index (χ2v) is 5.85. The molecule has 8 heteroatoms. The number of carbonyl (C=O) groups excluding carboxylic acids is 2. The smallest absolute Gasteiger partial charge is 0.340 e. The van der Waals surface area contributed by atoms with Gasteiger partial charge in [0.05, 0.1) is 31.5 Å². The van der Waals surface area contributed by atoms with Gasteiger partial charge in [-0.25, -0.2) is 14.2 Å². The van der Waals surface area contributed by atoms with Gasteiger partial charge in [-0.2, -0.15) is 0 Å². The fourth-order valence-electron chi connectivity index (χ4n) is 2.68. The number of carbonyl (C=O) groups is 2. The van der Waals surface area contributed by atoms with Crippen molar-refractivity contribution in [1.82, 2.24) is 4.98 Å². The Morgan fingerprint density at radius 3 is 2.67 bits per heavy atom. The van der Waals surface area contributed by atoms with Crippen LogP contribution in [0.4, 0.5) is 10.2 Å². The molecule has 0 bridgehead atoms. The van der Waals surface area contributed by atoms with Crippen molar-refractivity contribution in [2.45, 2.75) is 0 Å². The molecule has 0 atom stereocenters. The zero-order valence-corrected chi connectivity index (χ0v) is 14.8. The quantitative estimate of drug-likeness (QED) is 0.566. The Bertz CT molecular complexity index is 819. The van der Waals surface area contributed by atoms with E-state index in [1.807, 2.05) is 0 Å². The highest BCUT2D eigenvalue weighted by atomic mass is 19.1. The molecule has 27 heavy (non-hydrogen) atoms. The molecule has 7 nitrogen and oxygen atoms in total. The van der Waals surface area contributed by atoms with Gasteiger partial charge in [-0.05, 0) is 30.3 Å². The first-order valence-corrected chi connectivity index (χ1v) is 8.41. The molecule has 1 aliphatic heterocycles. The van der Waals surface area contributed by atoms with Crippen LogP contribution in [0, 0.1) is 5.82 Å². The molecular formula is C19H19FN2O5. The van der Waals surface area contributed by atoms with E-state index in [-0.39, 0.29) is 16.9 Å². The lowest BCUT2D eigenvalue weighted by molar-refractivity contribution is 0.0473. The van der Waals surface area contributed by atoms with Crippen molar-refractivity contribution < 1.29 is 28.2 Å². The SMILES string of the molecule is COc1ccc(F)cc1C(=O)COC(=O)c1ccc(N2CCOCC2)nc1. The Morgan fingerprint density at radius 2 is 2.00 bits per heavy atom. The minimum Gasteiger partial charge on any atom is -0.496 e. The predicted octanol–water partition coefficient (Wildman–Crippen LogP) is 2.11. The average molecular weight is 374 g/mol. The summed E-state index contributed by atoms with van der Waals surface area (Å²) in [5.74, 6) is -0.852. The van der Waals surface area contributed by atoms with E-state index >= 15 is 0 Å². The van der Waals surface area contributed by atoms with Gasteiger partial charge < -0.3 is 19.1 Å². The summed E-state index contributed by atoms with van der Waals surface area (Å²) in [6.45, 7) is 2.22. The fourth-order valence-corrected chi connectivity index (χ4v) is 2.68. The van der Waals surface area contributed by atoms with Crippen molar-refractivity contribution >= 4 is 17.6 Å². The van der Waals surface area contributed by atoms with E-state index in [0.29, 0.717) is 13.2 Å². The first-order chi connectivity index (χ1) is 13.1. The molecule has 2 aromatic rings. The maximum absolute atomic E-state index is 13.4. The van der Waals surface area contributed by atoms with E-state index in [1.165, 1.54) is 25.4 Å². The molecule has 2 heterocycles. The molecule has 1 aliphatic rings. The zero-order chi connectivity index (χ0) is 19.2. The number of hydrogen-bond acceptors (Lipinski definition) is 7. The van der Waals surface area contributed by atoms with Gasteiger partial charge in [0.25, 0.3) is 0 Å². The maximum atomic E-state index is 13.4. The summed E-state index contributed by atoms with van der Waals surface area (Å²) < 4.78 is 28.7. The number of anilines is 1. The van der Waals surface area contributed by atoms with Crippen LogP contribution in [0.2, 0.25) is 0 Å². The van der Waals surface area contributed by atoms with Gasteiger partial charge >= 0.3 is 5.97 Å². The average Bonchev–Trinajstić information content (AvgIpc) is 2.72. The standard InChI is InChI=1S/C19H19FN2O5/c1-25-17-4-3-14(20)10-15(17)16(23)12-27-19(24)13-2-5-18(21-11-13)22-6-8-26-9-7-22/h2-5,10-11H,6-9,12H2,1H3. The van der Waals surface area contributed by atoms with Gasteiger partial charge in [-0.1, -0.05) is 0 Å². The first kappa shape index (κ1) is 18.8. The number of rotatable bonds is 6. The van der Waals surface area contributed by atoms with Crippen LogP contribution in [0.3, 0.4) is 0 Å². The number of ether oxygens (including phenoxy) is 3. The van der Waals surface area contributed by atoms with E-state index in [4.69, 9.17) is 14.2 Å². The van der Waals surface area contributed by atoms with Gasteiger partial charge in [0.2, 0.25) is 5.78 Å². The largest absolute Gasteiger partial charge is 0.496 e. The highest BCUT2D eigenvalue weighted by Crippen LogP contribution is 2.20. The predicted molar refractivity (Wildman–Crippen MR) is 94.8 cm³/mol. The van der Waals surface area contributed by atoms with Crippen LogP contribution < -0.4 is 9.64 Å². The summed E-state index contributed by atoms with van der Waals surface area (Å²) in [6.07, 6.45) is 1.40. The minimum absolute atomic E-state index is 0.0195. The number of methoxy groups -OCH3 is 1. The number of aromatic nitrogens is 1. The number of Topliss-reactive ketones (excluding diaryl/α,β-unsaturated/α-hetero) is 1. The number of hydrogen-bond donors (Lipinski definition) is 0. The van der Waals surface area contributed by atoms with E-state index < -0.39 is 24.2 Å². The second-order valence-electron chi connectivity index (χ2n) is 5.85. The lowest BCUT2D eigenvalue weighted by Crippen LogP contribution is -2.36. The summed E-state index contributed by atoms with van der Waals surface area (Å²) in [7, 11) is 1.37. The van der Waals surface area contributed by atoms with Crippen molar-refractivity contribution in [2.24, 2.45) is 0 Å². The van der Waals surface area contributed by atoms with Crippen molar-refractivity contribution in [1.29, 1.82) is 0 Å². The molecule has 1 saturated heterocycles. The van der Waals surface area contributed by atoms with Gasteiger partial charge in [0.15, 0.2) is 6.61 Å². The molecule has 1 fully saturated rings. The number of morpholine rings is 1. The minimum atomic E-state index is -0.681. The zero-order valence-electron chi connectivity index (χ0n) is 14.8. The first-order valence-electron chi connectivity index (χ1n) is 8.41. The van der Waals surface area contributed by atoms with Gasteiger partial charge in [-0.15, -0.1) is 0 Å². The van der Waals surface area contributed by atoms with Crippen LogP contribution in [0.1, 0.15) is 20.7 Å². The fraction of sp³-hybridized carbons (Fsp3) is 0.316. The summed E-state index contributed by atoms with van der Waals surface area (Å²) in [5.41, 5.74) is 0.247. The molecule has 1 aromatic carbocycles. The normalized spacial score (nSPS) is 13.9. The third kappa shape index (κ3) is 4.59. The monoisotopic (exact) mass is 374 g/mol. The molecule has 0 saturated carbocycles. The number of esters is 1. The van der Waals surface area contributed by atoms with Crippen LogP contribution in [-0.2, 0) is 9.47 Å². The second kappa shape index (κ2) is 8.59. The number of halogens is 1. The molecule has 0 unspecified atom stereocenters. The molecule has 0 aliphatic carbocycles. The van der Waals surface area contributed by atoms with Crippen LogP contribution >= 0.6 is 0 Å². The van der Waals surface area contributed by atoms with Crippen molar-refractivity contribution in [2.75, 3.05) is 44.9 Å². The number of pyridine rings is 1. The van der Waals surface area contributed by atoms with Crippen LogP contribution in [-0.4, -0.2) is 56.8 Å². The summed E-state index contributed by atoms with van der Waals surface area (Å²) >= 11 is 0. The van der Waals surface area contributed by atoms with Gasteiger partial charge in [0, 0.05) is 19.3 Å². The number of nitrogens with zero attached hydrogens (tertiary/aromatic N) is 2. The molecule has 1 aromatic heterocycles. The van der Waals surface area contributed by atoms with Gasteiger partial charge in [-0.3, -0.25) is 4.79 Å². The van der Waals surface area contributed by atoms with Crippen LogP contribution in [0.15, 0.2) is 36.5 Å². The third-order valence-electron chi connectivity index (χ3n) is 4.11. The summed E-state index contributed by atoms with van der Waals surface area (Å²) in [4.78, 5) is 30.7. The van der Waals surface area contributed by atoms with E-state index in [2.05, 4.69) is 9.88 Å². The lowest BCUT2D eigenvalue weighted by Gasteiger charge is -2.27. The van der Waals surface area contributed by atoms with Crippen molar-refractivity contribution in [3.05, 3.63) is 53.5 Å². The van der Waals surface area contributed by atoms with Crippen LogP contribution in [0.5, 0.6) is 5.75 Å². The van der Waals surface area contributed by atoms with E-state index in [0.717, 1.165) is 25.0 Å². The molecule has 0 amide bonds. The highest BCUT2D eigenvalue weighted by molar-refractivity contribution is 6.01. The Morgan fingerprint density at radius 1 is 1.22 bits per heavy atom. The summed E-state index contributed by atoms with van der Waals surface area (Å²) in [6, 6.07) is 6.89. The van der Waals surface area contributed by atoms with Crippen molar-refractivity contribution in [3.63, 3.8) is 0 Å². The Hall–Kier alpha value is -3.00. The van der Waals surface area contributed by atoms with Crippen LogP contribution in [0.25, 0.3) is 0 Å². The molecule has 0 N–H and O–H groups in total. The number of benzene rings is 1. The van der Waals surface area contributed by atoms with E-state index in [1.54, 1.807) is 12.1 Å². The molecule has 3 rings (SSSR count). The molecular weight excluding hydrogens is 355 g/mol. The Balaban J connectivity index is 1.60. The maximum Gasteiger partial charge on any atom is 0.340 e. The Kier molecular flexibility index (Phi) is 5.97. The molecule has 0 spiro atoms. The molecule has 0 radical (unpaired) electrons. The Labute approximate surface area is 155 Å². The summed E-state index contributed by atoms with van der Waals surface area (Å²) in [5, 5.41) is 0. The van der Waals surface area contributed by atoms with Gasteiger partial charge in [0.1, 0.15) is 17.4 Å². The molecule has 142 valence electrons. The lowest BCUT2D eigenvalue weighted by atomic mass is 10.1. The number of ketones is 1. The topological polar surface area (TPSA) is 78.0 Å². The highest BCUT2D eigenvalue weighted by Gasteiger charge is 2.18. The van der Waals surface area contributed by atoms with Crippen molar-refractivity contribution in [3.8, 4) is 5.75 Å².